The molecule has 234 valence electrons. The van der Waals surface area contributed by atoms with Crippen LogP contribution in [-0.2, 0) is 16.0 Å². The molecule has 0 radical (unpaired) electrons. The van der Waals surface area contributed by atoms with E-state index in [1.54, 1.807) is 18.2 Å². The first-order chi connectivity index (χ1) is 21.7. The average Bonchev–Trinajstić information content (AvgIpc) is 3.62. The fourth-order valence-electron chi connectivity index (χ4n) is 6.32. The molecule has 2 heterocycles. The van der Waals surface area contributed by atoms with Crippen LogP contribution >= 0.6 is 0 Å². The van der Waals surface area contributed by atoms with Crippen LogP contribution < -0.4 is 22.1 Å². The summed E-state index contributed by atoms with van der Waals surface area (Å²) in [5.41, 5.74) is 13.5. The van der Waals surface area contributed by atoms with Crippen molar-refractivity contribution in [3.05, 3.63) is 82.0 Å². The molecule has 2 aromatic heterocycles. The van der Waals surface area contributed by atoms with E-state index >= 15 is 0 Å². The molecule has 5 aromatic rings. The van der Waals surface area contributed by atoms with Gasteiger partial charge in [0.1, 0.15) is 11.9 Å². The van der Waals surface area contributed by atoms with E-state index in [1.807, 2.05) is 12.1 Å². The molecule has 1 aliphatic carbocycles. The molecule has 0 unspecified atom stereocenters. The van der Waals surface area contributed by atoms with Crippen molar-refractivity contribution < 1.29 is 9.59 Å². The second-order valence-corrected chi connectivity index (χ2v) is 12.7. The number of nitrogens with zero attached hydrogens (tertiary/aromatic N) is 1. The van der Waals surface area contributed by atoms with Crippen LogP contribution in [-0.4, -0.2) is 44.3 Å². The van der Waals surface area contributed by atoms with Gasteiger partial charge in [-0.2, -0.15) is 0 Å². The molecule has 0 aliphatic heterocycles. The fraction of sp³-hybridized carbons (Fsp3) is 0.371. The molecule has 45 heavy (non-hydrogen) atoms. The van der Waals surface area contributed by atoms with Crippen molar-refractivity contribution in [1.82, 2.24) is 25.3 Å². The summed E-state index contributed by atoms with van der Waals surface area (Å²) in [5, 5.41) is 6.00. The van der Waals surface area contributed by atoms with Gasteiger partial charge in [0.15, 0.2) is 0 Å². The maximum atomic E-state index is 13.7. The molecule has 1 aliphatic rings. The first-order valence-corrected chi connectivity index (χ1v) is 15.8. The normalized spacial score (nSPS) is 17.5. The molecule has 1 atom stereocenters. The number of aryl methyl sites for hydroxylation is 1. The number of imidazole rings is 2. The Morgan fingerprint density at radius 3 is 2.38 bits per heavy atom. The van der Waals surface area contributed by atoms with Crippen LogP contribution in [0.15, 0.2) is 59.4 Å². The van der Waals surface area contributed by atoms with Crippen molar-refractivity contribution >= 4 is 39.6 Å². The third-order valence-corrected chi connectivity index (χ3v) is 9.07. The second-order valence-electron chi connectivity index (χ2n) is 12.7. The zero-order valence-corrected chi connectivity index (χ0v) is 26.0. The van der Waals surface area contributed by atoms with Gasteiger partial charge in [0.05, 0.1) is 22.1 Å². The number of amides is 2. The number of hydrogen-bond acceptors (Lipinski definition) is 5. The maximum Gasteiger partial charge on any atom is 0.323 e. The first kappa shape index (κ1) is 30.3. The van der Waals surface area contributed by atoms with E-state index in [1.165, 1.54) is 0 Å². The zero-order valence-electron chi connectivity index (χ0n) is 26.0. The third-order valence-electron chi connectivity index (χ3n) is 9.07. The SMILES string of the molecule is Cc1cc2[nH]c(C(C)C)nc2cc1-c1ccc(C[C@@H](NC(=O)[C@H]2CC[C@H](CN)CC2)C(=O)Nc2ccc3[nH]c(=O)[nH]c3c2)cc1. The highest BCUT2D eigenvalue weighted by atomic mass is 16.2. The van der Waals surface area contributed by atoms with Gasteiger partial charge in [0, 0.05) is 23.9 Å². The maximum absolute atomic E-state index is 13.7. The monoisotopic (exact) mass is 607 g/mol. The molecular weight excluding hydrogens is 566 g/mol. The van der Waals surface area contributed by atoms with Crippen molar-refractivity contribution in [2.24, 2.45) is 17.6 Å². The molecule has 10 nitrogen and oxygen atoms in total. The summed E-state index contributed by atoms with van der Waals surface area (Å²) < 4.78 is 0. The van der Waals surface area contributed by atoms with Crippen LogP contribution in [0.4, 0.5) is 5.69 Å². The van der Waals surface area contributed by atoms with Crippen molar-refractivity contribution in [2.75, 3.05) is 11.9 Å². The largest absolute Gasteiger partial charge is 0.344 e. The number of nitrogens with two attached hydrogens (primary N) is 1. The molecule has 0 spiro atoms. The number of H-pyrrole nitrogens is 3. The van der Waals surface area contributed by atoms with Crippen LogP contribution in [0.2, 0.25) is 0 Å². The van der Waals surface area contributed by atoms with Crippen LogP contribution in [0.5, 0.6) is 0 Å². The summed E-state index contributed by atoms with van der Waals surface area (Å²) in [6, 6.07) is 16.8. The molecule has 0 bridgehead atoms. The number of carbonyl (C=O) groups excluding carboxylic acids is 2. The highest BCUT2D eigenvalue weighted by Crippen LogP contribution is 2.30. The quantitative estimate of drug-likeness (QED) is 0.134. The van der Waals surface area contributed by atoms with E-state index in [2.05, 4.69) is 70.6 Å². The van der Waals surface area contributed by atoms with Crippen molar-refractivity contribution in [1.29, 1.82) is 0 Å². The Morgan fingerprint density at radius 2 is 1.67 bits per heavy atom. The lowest BCUT2D eigenvalue weighted by atomic mass is 9.81. The van der Waals surface area contributed by atoms with Gasteiger partial charge in [0.25, 0.3) is 0 Å². The Balaban J connectivity index is 1.22. The fourth-order valence-corrected chi connectivity index (χ4v) is 6.32. The molecule has 3 aromatic carbocycles. The van der Waals surface area contributed by atoms with Gasteiger partial charge in [-0.1, -0.05) is 38.1 Å². The highest BCUT2D eigenvalue weighted by molar-refractivity contribution is 5.99. The van der Waals surface area contributed by atoms with Crippen molar-refractivity contribution in [3.8, 4) is 11.1 Å². The number of fused-ring (bicyclic) bond motifs is 2. The number of anilines is 1. The molecule has 1 saturated carbocycles. The molecule has 0 saturated heterocycles. The van der Waals surface area contributed by atoms with E-state index < -0.39 is 6.04 Å². The Bertz CT molecular complexity index is 1890. The van der Waals surface area contributed by atoms with Gasteiger partial charge in [-0.3, -0.25) is 9.59 Å². The van der Waals surface area contributed by atoms with E-state index in [-0.39, 0.29) is 23.4 Å². The van der Waals surface area contributed by atoms with Crippen molar-refractivity contribution in [2.45, 2.75) is 64.8 Å². The predicted octanol–water partition coefficient (Wildman–Crippen LogP) is 5.26. The number of nitrogens with one attached hydrogen (secondary N) is 5. The van der Waals surface area contributed by atoms with E-state index in [9.17, 15) is 14.4 Å². The van der Waals surface area contributed by atoms with E-state index in [0.29, 0.717) is 41.5 Å². The number of carbonyl (C=O) groups is 2. The molecule has 1 fully saturated rings. The van der Waals surface area contributed by atoms with Gasteiger partial charge in [0.2, 0.25) is 11.8 Å². The summed E-state index contributed by atoms with van der Waals surface area (Å²) in [6.07, 6.45) is 3.71. The zero-order chi connectivity index (χ0) is 31.7. The van der Waals surface area contributed by atoms with Gasteiger partial charge >= 0.3 is 5.69 Å². The Kier molecular flexibility index (Phi) is 8.58. The Hall–Kier alpha value is -4.70. The van der Waals surface area contributed by atoms with Crippen LogP contribution in [0.1, 0.15) is 62.4 Å². The van der Waals surface area contributed by atoms with Crippen LogP contribution in [0.3, 0.4) is 0 Å². The number of benzene rings is 3. The number of aromatic amines is 3. The minimum Gasteiger partial charge on any atom is -0.344 e. The lowest BCUT2D eigenvalue weighted by Crippen LogP contribution is -2.48. The van der Waals surface area contributed by atoms with Gasteiger partial charge in [-0.15, -0.1) is 0 Å². The molecule has 6 rings (SSSR count). The topological polar surface area (TPSA) is 162 Å². The second kappa shape index (κ2) is 12.7. The first-order valence-electron chi connectivity index (χ1n) is 15.8. The van der Waals surface area contributed by atoms with Gasteiger partial charge in [-0.05, 0) is 97.7 Å². The summed E-state index contributed by atoms with van der Waals surface area (Å²) in [5.74, 6) is 1.18. The average molecular weight is 608 g/mol. The Labute approximate surface area is 261 Å². The number of rotatable bonds is 9. The molecular formula is C35H41N7O3. The minimum absolute atomic E-state index is 0.101. The van der Waals surface area contributed by atoms with Gasteiger partial charge in [-0.25, -0.2) is 9.78 Å². The number of aromatic nitrogens is 4. The highest BCUT2D eigenvalue weighted by Gasteiger charge is 2.29. The van der Waals surface area contributed by atoms with Gasteiger partial charge < -0.3 is 31.3 Å². The summed E-state index contributed by atoms with van der Waals surface area (Å²) in [7, 11) is 0. The molecule has 10 heteroatoms. The Morgan fingerprint density at radius 1 is 0.933 bits per heavy atom. The molecule has 2 amide bonds. The van der Waals surface area contributed by atoms with E-state index in [4.69, 9.17) is 10.7 Å². The predicted molar refractivity (Wildman–Crippen MR) is 178 cm³/mol. The van der Waals surface area contributed by atoms with Crippen LogP contribution in [0.25, 0.3) is 33.2 Å². The third kappa shape index (κ3) is 6.71. The van der Waals surface area contributed by atoms with Crippen LogP contribution in [0, 0.1) is 18.8 Å². The minimum atomic E-state index is -0.784. The number of hydrogen-bond donors (Lipinski definition) is 6. The summed E-state index contributed by atoms with van der Waals surface area (Å²) in [4.78, 5) is 52.4. The standard InChI is InChI=1S/C35H41N7O3/c1-19(2)32-38-28-14-20(3)26(17-30(28)39-32)23-8-4-21(5-9-23)15-31(40-33(43)24-10-6-22(18-36)7-11-24)34(44)37-25-12-13-27-29(16-25)42-35(45)41-27/h4-5,8-9,12-14,16-17,19,22,24,31H,6-7,10-11,15,18,36H2,1-3H3,(H,37,44)(H,38,39)(H,40,43)(H2,41,42,45)/t22-,24-,31-/m1/s1. The van der Waals surface area contributed by atoms with E-state index in [0.717, 1.165) is 64.8 Å². The van der Waals surface area contributed by atoms with Crippen molar-refractivity contribution in [3.63, 3.8) is 0 Å². The summed E-state index contributed by atoms with van der Waals surface area (Å²) in [6.45, 7) is 6.97. The molecule has 7 N–H and O–H groups in total. The smallest absolute Gasteiger partial charge is 0.323 e. The summed E-state index contributed by atoms with van der Waals surface area (Å²) >= 11 is 0. The lowest BCUT2D eigenvalue weighted by molar-refractivity contribution is -0.130. The lowest BCUT2D eigenvalue weighted by Gasteiger charge is -2.28.